The van der Waals surface area contributed by atoms with Crippen LogP contribution in [-0.4, -0.2) is 37.9 Å². The van der Waals surface area contributed by atoms with Crippen LogP contribution in [0.2, 0.25) is 0 Å². The van der Waals surface area contributed by atoms with E-state index in [-0.39, 0.29) is 18.1 Å². The predicted octanol–water partition coefficient (Wildman–Crippen LogP) is -0.706. The van der Waals surface area contributed by atoms with Gasteiger partial charge >= 0.3 is 0 Å². The van der Waals surface area contributed by atoms with E-state index in [1.807, 2.05) is 0 Å². The van der Waals surface area contributed by atoms with Crippen LogP contribution < -0.4 is 5.32 Å². The van der Waals surface area contributed by atoms with E-state index < -0.39 is 0 Å². The van der Waals surface area contributed by atoms with Gasteiger partial charge in [0.2, 0.25) is 0 Å². The summed E-state index contributed by atoms with van der Waals surface area (Å²) in [7, 11) is 0. The molecule has 2 aliphatic rings. The molecule has 4 nitrogen and oxygen atoms in total. The first-order valence-corrected chi connectivity index (χ1v) is 4.34. The maximum atomic E-state index is 11.0. The van der Waals surface area contributed by atoms with Crippen molar-refractivity contribution in [3.8, 4) is 11.8 Å². The number of hydrogen-bond acceptors (Lipinski definition) is 3. The quantitative estimate of drug-likeness (QED) is 0.462. The minimum Gasteiger partial charge on any atom is -0.372 e. The lowest BCUT2D eigenvalue weighted by molar-refractivity contribution is -0.115. The van der Waals surface area contributed by atoms with E-state index in [0.717, 1.165) is 13.2 Å². The van der Waals surface area contributed by atoms with Crippen molar-refractivity contribution in [3.05, 3.63) is 0 Å². The van der Waals surface area contributed by atoms with Gasteiger partial charge in [0.1, 0.15) is 0 Å². The molecular formula is C9H11NO3. The lowest BCUT2D eigenvalue weighted by atomic mass is 10.3. The summed E-state index contributed by atoms with van der Waals surface area (Å²) in [6.07, 6.45) is 1.15. The second-order valence-corrected chi connectivity index (χ2v) is 3.13. The molecule has 0 radical (unpaired) electrons. The van der Waals surface area contributed by atoms with E-state index in [2.05, 4.69) is 17.2 Å². The van der Waals surface area contributed by atoms with Crippen molar-refractivity contribution < 1.29 is 14.3 Å². The third-order valence-corrected chi connectivity index (χ3v) is 1.83. The van der Waals surface area contributed by atoms with Crippen LogP contribution in [0.15, 0.2) is 0 Å². The molecule has 2 saturated heterocycles. The second-order valence-electron chi connectivity index (χ2n) is 3.13. The highest BCUT2D eigenvalue weighted by Crippen LogP contribution is 2.11. The number of epoxide rings is 2. The Morgan fingerprint density at radius 1 is 1.38 bits per heavy atom. The van der Waals surface area contributed by atoms with E-state index in [0.29, 0.717) is 13.0 Å². The normalized spacial score (nSPS) is 28.6. The average molecular weight is 181 g/mol. The molecule has 2 fully saturated rings. The third-order valence-electron chi connectivity index (χ3n) is 1.83. The molecule has 4 heteroatoms. The zero-order chi connectivity index (χ0) is 9.10. The molecule has 0 saturated carbocycles. The first-order chi connectivity index (χ1) is 6.34. The van der Waals surface area contributed by atoms with Crippen LogP contribution in [0, 0.1) is 11.8 Å². The average Bonchev–Trinajstić information content (AvgIpc) is 2.97. The van der Waals surface area contributed by atoms with Crippen molar-refractivity contribution in [2.24, 2.45) is 0 Å². The number of carbonyl (C=O) groups excluding carboxylic acids is 1. The first kappa shape index (κ1) is 8.54. The number of rotatable bonds is 3. The van der Waals surface area contributed by atoms with Crippen molar-refractivity contribution in [2.45, 2.75) is 18.6 Å². The van der Waals surface area contributed by atoms with Crippen LogP contribution in [0.4, 0.5) is 0 Å². The highest BCUT2D eigenvalue weighted by molar-refractivity contribution is 5.93. The Morgan fingerprint density at radius 3 is 2.69 bits per heavy atom. The molecule has 2 aliphatic heterocycles. The summed E-state index contributed by atoms with van der Waals surface area (Å²) in [5, 5.41) is 2.66. The lowest BCUT2D eigenvalue weighted by Gasteiger charge is -1.93. The Bertz CT molecular complexity index is 258. The van der Waals surface area contributed by atoms with Gasteiger partial charge in [-0.3, -0.25) is 4.79 Å². The largest absolute Gasteiger partial charge is 0.372 e. The van der Waals surface area contributed by atoms with Gasteiger partial charge in [-0.2, -0.15) is 0 Å². The van der Waals surface area contributed by atoms with Gasteiger partial charge in [-0.1, -0.05) is 5.92 Å². The Balaban J connectivity index is 1.59. The monoisotopic (exact) mass is 181 g/mol. The molecule has 13 heavy (non-hydrogen) atoms. The molecule has 2 unspecified atom stereocenters. The van der Waals surface area contributed by atoms with Gasteiger partial charge in [0, 0.05) is 13.0 Å². The van der Waals surface area contributed by atoms with Crippen LogP contribution >= 0.6 is 0 Å². The summed E-state index contributed by atoms with van der Waals surface area (Å²) in [4.78, 5) is 11.0. The molecule has 0 aromatic carbocycles. The van der Waals surface area contributed by atoms with Crippen LogP contribution in [0.25, 0.3) is 0 Å². The van der Waals surface area contributed by atoms with E-state index in [1.54, 1.807) is 0 Å². The summed E-state index contributed by atoms with van der Waals surface area (Å²) >= 11 is 0. The molecule has 70 valence electrons. The fourth-order valence-electron chi connectivity index (χ4n) is 0.868. The second kappa shape index (κ2) is 3.77. The molecule has 0 bridgehead atoms. The summed E-state index contributed by atoms with van der Waals surface area (Å²) in [6, 6.07) is 0. The molecule has 2 atom stereocenters. The van der Waals surface area contributed by atoms with Crippen LogP contribution in [0.5, 0.6) is 0 Å². The first-order valence-electron chi connectivity index (χ1n) is 4.34. The van der Waals surface area contributed by atoms with Crippen molar-refractivity contribution in [1.82, 2.24) is 5.32 Å². The van der Waals surface area contributed by atoms with Gasteiger partial charge in [-0.25, -0.2) is 0 Å². The Kier molecular flexibility index (Phi) is 2.48. The van der Waals surface area contributed by atoms with Crippen LogP contribution in [-0.2, 0) is 14.3 Å². The van der Waals surface area contributed by atoms with E-state index in [1.165, 1.54) is 0 Å². The van der Waals surface area contributed by atoms with E-state index in [4.69, 9.17) is 9.47 Å². The zero-order valence-corrected chi connectivity index (χ0v) is 7.21. The topological polar surface area (TPSA) is 54.2 Å². The molecule has 0 aromatic rings. The number of hydrogen-bond donors (Lipinski definition) is 1. The summed E-state index contributed by atoms with van der Waals surface area (Å²) in [5.41, 5.74) is 0. The highest BCUT2D eigenvalue weighted by atomic mass is 16.6. The summed E-state index contributed by atoms with van der Waals surface area (Å²) < 4.78 is 9.87. The van der Waals surface area contributed by atoms with Crippen molar-refractivity contribution >= 4 is 5.91 Å². The summed E-state index contributed by atoms with van der Waals surface area (Å²) in [5.74, 6) is 5.04. The lowest BCUT2D eigenvalue weighted by Crippen LogP contribution is -2.25. The fraction of sp³-hybridized carbons (Fsp3) is 0.667. The van der Waals surface area contributed by atoms with Gasteiger partial charge in [0.15, 0.2) is 0 Å². The third kappa shape index (κ3) is 3.45. The summed E-state index contributed by atoms with van der Waals surface area (Å²) in [6.45, 7) is 2.11. The standard InChI is InChI=1S/C9H11NO3/c11-9(10-4-8-6-13-8)3-1-2-7-5-12-7/h7-8H,2,4-6H2,(H,10,11). The fourth-order valence-corrected chi connectivity index (χ4v) is 0.868. The van der Waals surface area contributed by atoms with Crippen LogP contribution in [0.1, 0.15) is 6.42 Å². The predicted molar refractivity (Wildman–Crippen MR) is 44.9 cm³/mol. The maximum Gasteiger partial charge on any atom is 0.295 e. The van der Waals surface area contributed by atoms with Gasteiger partial charge in [0.25, 0.3) is 5.91 Å². The van der Waals surface area contributed by atoms with Gasteiger partial charge in [0.05, 0.1) is 25.4 Å². The van der Waals surface area contributed by atoms with Gasteiger partial charge in [-0.05, 0) is 5.92 Å². The van der Waals surface area contributed by atoms with E-state index in [9.17, 15) is 4.79 Å². The number of ether oxygens (including phenoxy) is 2. The Hall–Kier alpha value is -1.05. The van der Waals surface area contributed by atoms with Crippen LogP contribution in [0.3, 0.4) is 0 Å². The van der Waals surface area contributed by atoms with Gasteiger partial charge in [-0.15, -0.1) is 0 Å². The molecule has 2 rings (SSSR count). The Labute approximate surface area is 76.6 Å². The maximum absolute atomic E-state index is 11.0. The molecule has 0 aromatic heterocycles. The number of amides is 1. The molecule has 0 aliphatic carbocycles. The SMILES string of the molecule is O=C(C#CCC1CO1)NCC1CO1. The van der Waals surface area contributed by atoms with Crippen molar-refractivity contribution in [2.75, 3.05) is 19.8 Å². The Morgan fingerprint density at radius 2 is 2.08 bits per heavy atom. The molecule has 2 heterocycles. The van der Waals surface area contributed by atoms with E-state index >= 15 is 0 Å². The minimum atomic E-state index is -0.226. The molecule has 1 N–H and O–H groups in total. The molecular weight excluding hydrogens is 170 g/mol. The van der Waals surface area contributed by atoms with Gasteiger partial charge < -0.3 is 14.8 Å². The number of nitrogens with one attached hydrogen (secondary N) is 1. The van der Waals surface area contributed by atoms with Crippen molar-refractivity contribution in [3.63, 3.8) is 0 Å². The molecule has 0 spiro atoms. The molecule has 1 amide bonds. The van der Waals surface area contributed by atoms with Crippen molar-refractivity contribution in [1.29, 1.82) is 0 Å². The number of carbonyl (C=O) groups is 1. The highest BCUT2D eigenvalue weighted by Gasteiger charge is 2.22. The smallest absolute Gasteiger partial charge is 0.295 e. The minimum absolute atomic E-state index is 0.220. The zero-order valence-electron chi connectivity index (χ0n) is 7.21.